The van der Waals surface area contributed by atoms with Crippen LogP contribution in [0.3, 0.4) is 0 Å². The predicted octanol–water partition coefficient (Wildman–Crippen LogP) is 3.70. The van der Waals surface area contributed by atoms with Crippen LogP contribution in [-0.4, -0.2) is 18.4 Å². The zero-order valence-electron chi connectivity index (χ0n) is 10.6. The number of sulfonamides is 1. The average Bonchev–Trinajstić information content (AvgIpc) is 3.10. The minimum Gasteiger partial charge on any atom is -0.345 e. The first-order valence-corrected chi connectivity index (χ1v) is 9.01. The van der Waals surface area contributed by atoms with Gasteiger partial charge in [0.25, 0.3) is 10.0 Å². The highest BCUT2D eigenvalue weighted by Crippen LogP contribution is 2.28. The number of anilines is 1. The fourth-order valence-electron chi connectivity index (χ4n) is 1.78. The van der Waals surface area contributed by atoms with Gasteiger partial charge in [0.15, 0.2) is 0 Å². The third kappa shape index (κ3) is 3.17. The molecule has 0 radical (unpaired) electrons. The summed E-state index contributed by atoms with van der Waals surface area (Å²) in [6.45, 7) is 0. The highest BCUT2D eigenvalue weighted by atomic mass is 79.9. The number of nitrogens with one attached hydrogen (secondary N) is 2. The molecule has 21 heavy (non-hydrogen) atoms. The molecule has 108 valence electrons. The highest BCUT2D eigenvalue weighted by Gasteiger charge is 2.16. The summed E-state index contributed by atoms with van der Waals surface area (Å²) in [5, 5.41) is 0. The third-order valence-corrected chi connectivity index (χ3v) is 6.26. The molecule has 0 unspecified atom stereocenters. The first-order chi connectivity index (χ1) is 10.0. The fraction of sp³-hybridized carbons (Fsp3) is 0. The minimum absolute atomic E-state index is 0.270. The lowest BCUT2D eigenvalue weighted by molar-refractivity contribution is 0.603. The van der Waals surface area contributed by atoms with Gasteiger partial charge >= 0.3 is 0 Å². The van der Waals surface area contributed by atoms with Crippen LogP contribution in [0.15, 0.2) is 56.9 Å². The smallest absolute Gasteiger partial charge is 0.271 e. The lowest BCUT2D eigenvalue weighted by Gasteiger charge is -2.06. The molecule has 2 N–H and O–H groups in total. The molecule has 3 aromatic rings. The fourth-order valence-corrected chi connectivity index (χ4v) is 4.85. The van der Waals surface area contributed by atoms with E-state index < -0.39 is 10.0 Å². The molecular weight excluding hydrogens is 374 g/mol. The molecule has 0 aliphatic carbocycles. The van der Waals surface area contributed by atoms with Gasteiger partial charge in [0, 0.05) is 5.69 Å². The third-order valence-electron chi connectivity index (χ3n) is 2.76. The van der Waals surface area contributed by atoms with Crippen molar-refractivity contribution in [2.45, 2.75) is 4.21 Å². The summed E-state index contributed by atoms with van der Waals surface area (Å²) in [6, 6.07) is 10.4. The van der Waals surface area contributed by atoms with Crippen LogP contribution in [0, 0.1) is 0 Å². The van der Waals surface area contributed by atoms with E-state index in [0.717, 1.165) is 15.0 Å². The van der Waals surface area contributed by atoms with Gasteiger partial charge in [-0.2, -0.15) is 0 Å². The van der Waals surface area contributed by atoms with Crippen molar-refractivity contribution in [1.29, 1.82) is 0 Å². The highest BCUT2D eigenvalue weighted by molar-refractivity contribution is 9.11. The van der Waals surface area contributed by atoms with Gasteiger partial charge in [0.2, 0.25) is 0 Å². The normalized spacial score (nSPS) is 11.5. The molecule has 2 aromatic heterocycles. The van der Waals surface area contributed by atoms with E-state index in [0.29, 0.717) is 5.69 Å². The van der Waals surface area contributed by atoms with E-state index in [2.05, 4.69) is 30.6 Å². The monoisotopic (exact) mass is 383 g/mol. The molecule has 0 amide bonds. The Labute approximate surface area is 134 Å². The molecule has 0 bridgehead atoms. The number of aromatic nitrogens is 2. The summed E-state index contributed by atoms with van der Waals surface area (Å²) in [7, 11) is -3.54. The van der Waals surface area contributed by atoms with Crippen LogP contribution in [0.25, 0.3) is 11.3 Å². The van der Waals surface area contributed by atoms with Gasteiger partial charge in [-0.05, 0) is 45.8 Å². The van der Waals surface area contributed by atoms with Crippen molar-refractivity contribution in [2.24, 2.45) is 0 Å². The molecule has 0 aliphatic rings. The van der Waals surface area contributed by atoms with Crippen LogP contribution in [0.1, 0.15) is 0 Å². The van der Waals surface area contributed by atoms with Gasteiger partial charge in [-0.3, -0.25) is 4.72 Å². The molecule has 0 spiro atoms. The first kappa shape index (κ1) is 14.3. The van der Waals surface area contributed by atoms with Crippen LogP contribution in [-0.2, 0) is 10.0 Å². The van der Waals surface area contributed by atoms with Crippen molar-refractivity contribution in [2.75, 3.05) is 4.72 Å². The van der Waals surface area contributed by atoms with Gasteiger partial charge in [-0.25, -0.2) is 13.4 Å². The summed E-state index contributed by atoms with van der Waals surface area (Å²) >= 11 is 4.43. The van der Waals surface area contributed by atoms with Gasteiger partial charge in [0.05, 0.1) is 22.0 Å². The largest absolute Gasteiger partial charge is 0.345 e. The molecule has 0 saturated carbocycles. The number of halogens is 1. The van der Waals surface area contributed by atoms with Crippen molar-refractivity contribution in [3.05, 3.63) is 52.7 Å². The van der Waals surface area contributed by atoms with Crippen LogP contribution < -0.4 is 4.72 Å². The number of hydrogen-bond acceptors (Lipinski definition) is 4. The summed E-state index contributed by atoms with van der Waals surface area (Å²) in [4.78, 5) is 6.95. The van der Waals surface area contributed by atoms with Crippen molar-refractivity contribution >= 4 is 43.0 Å². The van der Waals surface area contributed by atoms with E-state index in [1.54, 1.807) is 36.8 Å². The molecule has 0 fully saturated rings. The molecule has 5 nitrogen and oxygen atoms in total. The Morgan fingerprint density at radius 2 is 1.90 bits per heavy atom. The second-order valence-electron chi connectivity index (χ2n) is 4.21. The number of hydrogen-bond donors (Lipinski definition) is 2. The Morgan fingerprint density at radius 3 is 2.48 bits per heavy atom. The van der Waals surface area contributed by atoms with E-state index in [4.69, 9.17) is 0 Å². The Balaban J connectivity index is 1.82. The van der Waals surface area contributed by atoms with Crippen molar-refractivity contribution in [3.8, 4) is 11.3 Å². The molecule has 1 aromatic carbocycles. The number of nitrogens with zero attached hydrogens (tertiary/aromatic N) is 1. The van der Waals surface area contributed by atoms with E-state index in [9.17, 15) is 8.42 Å². The molecule has 3 rings (SSSR count). The zero-order chi connectivity index (χ0) is 14.9. The summed E-state index contributed by atoms with van der Waals surface area (Å²) < 4.78 is 28.0. The van der Waals surface area contributed by atoms with E-state index >= 15 is 0 Å². The number of rotatable bonds is 4. The van der Waals surface area contributed by atoms with E-state index in [1.165, 1.54) is 11.3 Å². The molecule has 8 heteroatoms. The zero-order valence-corrected chi connectivity index (χ0v) is 13.8. The average molecular weight is 384 g/mol. The van der Waals surface area contributed by atoms with E-state index in [1.807, 2.05) is 12.1 Å². The maximum atomic E-state index is 12.2. The minimum atomic E-state index is -3.54. The number of benzene rings is 1. The van der Waals surface area contributed by atoms with E-state index in [-0.39, 0.29) is 4.21 Å². The lowest BCUT2D eigenvalue weighted by atomic mass is 10.1. The first-order valence-electron chi connectivity index (χ1n) is 5.91. The van der Waals surface area contributed by atoms with Gasteiger partial charge < -0.3 is 4.98 Å². The summed E-state index contributed by atoms with van der Waals surface area (Å²) in [6.07, 6.45) is 3.31. The summed E-state index contributed by atoms with van der Waals surface area (Å²) in [5.74, 6) is 0. The Morgan fingerprint density at radius 1 is 1.14 bits per heavy atom. The molecule has 0 atom stereocenters. The maximum absolute atomic E-state index is 12.2. The standard InChI is InChI=1S/C13H10BrN3O2S2/c14-12-5-6-13(20-12)21(18,19)17-10-3-1-9(2-4-10)11-7-15-8-16-11/h1-8,17H,(H,15,16). The SMILES string of the molecule is O=S(=O)(Nc1ccc(-c2cnc[nH]2)cc1)c1ccc(Br)s1. The Bertz CT molecular complexity index is 840. The van der Waals surface area contributed by atoms with Crippen molar-refractivity contribution in [3.63, 3.8) is 0 Å². The second kappa shape index (κ2) is 5.63. The molecule has 2 heterocycles. The van der Waals surface area contributed by atoms with Crippen LogP contribution in [0.2, 0.25) is 0 Å². The molecular formula is C13H10BrN3O2S2. The van der Waals surface area contributed by atoms with Crippen molar-refractivity contribution < 1.29 is 8.42 Å². The van der Waals surface area contributed by atoms with Crippen LogP contribution >= 0.6 is 27.3 Å². The molecule has 0 saturated heterocycles. The second-order valence-corrected chi connectivity index (χ2v) is 8.58. The molecule has 0 aliphatic heterocycles. The topological polar surface area (TPSA) is 74.8 Å². The van der Waals surface area contributed by atoms with Crippen molar-refractivity contribution in [1.82, 2.24) is 9.97 Å². The predicted molar refractivity (Wildman–Crippen MR) is 86.9 cm³/mol. The number of thiophene rings is 1. The number of imidazole rings is 1. The lowest BCUT2D eigenvalue weighted by Crippen LogP contribution is -2.11. The van der Waals surface area contributed by atoms with Gasteiger partial charge in [-0.1, -0.05) is 12.1 Å². The van der Waals surface area contributed by atoms with Gasteiger partial charge in [-0.15, -0.1) is 11.3 Å². The van der Waals surface area contributed by atoms with Crippen LogP contribution in [0.4, 0.5) is 5.69 Å². The number of H-pyrrole nitrogens is 1. The van der Waals surface area contributed by atoms with Gasteiger partial charge in [0.1, 0.15) is 4.21 Å². The Kier molecular flexibility index (Phi) is 3.83. The van der Waals surface area contributed by atoms with Crippen LogP contribution in [0.5, 0.6) is 0 Å². The Hall–Kier alpha value is -1.64. The summed E-state index contributed by atoms with van der Waals surface area (Å²) in [5.41, 5.74) is 2.34. The number of aromatic amines is 1. The quantitative estimate of drug-likeness (QED) is 0.720. The maximum Gasteiger partial charge on any atom is 0.271 e.